The molecule has 0 radical (unpaired) electrons. The number of benzene rings is 1. The largest absolute Gasteiger partial charge is 0.324 e. The van der Waals surface area contributed by atoms with Gasteiger partial charge in [0, 0.05) is 17.1 Å². The van der Waals surface area contributed by atoms with Crippen molar-refractivity contribution in [3.05, 3.63) is 34.1 Å². The van der Waals surface area contributed by atoms with E-state index in [1.807, 2.05) is 13.8 Å². The lowest BCUT2D eigenvalue weighted by Crippen LogP contribution is -2.43. The lowest BCUT2D eigenvalue weighted by molar-refractivity contribution is 0.469. The third-order valence-corrected chi connectivity index (χ3v) is 2.83. The van der Waals surface area contributed by atoms with Crippen LogP contribution in [0.25, 0.3) is 0 Å². The Kier molecular flexibility index (Phi) is 4.92. The van der Waals surface area contributed by atoms with E-state index in [2.05, 4.69) is 5.32 Å². The maximum absolute atomic E-state index is 13.4. The van der Waals surface area contributed by atoms with Gasteiger partial charge in [0.05, 0.1) is 0 Å². The number of nitrogens with two attached hydrogens (primary N) is 1. The van der Waals surface area contributed by atoms with Crippen molar-refractivity contribution in [3.8, 4) is 0 Å². The van der Waals surface area contributed by atoms with Crippen LogP contribution in [-0.4, -0.2) is 18.6 Å². The molecule has 0 aliphatic carbocycles. The first-order valence-electron chi connectivity index (χ1n) is 5.74. The predicted molar refractivity (Wildman–Crippen MR) is 71.0 cm³/mol. The van der Waals surface area contributed by atoms with Gasteiger partial charge in [-0.2, -0.15) is 0 Å². The van der Waals surface area contributed by atoms with Gasteiger partial charge in [-0.25, -0.2) is 4.39 Å². The zero-order chi connectivity index (χ0) is 13.1. The Hall–Kier alpha value is -0.640. The van der Waals surface area contributed by atoms with Gasteiger partial charge in [-0.3, -0.25) is 0 Å². The lowest BCUT2D eigenvalue weighted by Gasteiger charge is -2.19. The fourth-order valence-corrected chi connectivity index (χ4v) is 1.83. The van der Waals surface area contributed by atoms with Crippen molar-refractivity contribution in [2.24, 2.45) is 5.73 Å². The quantitative estimate of drug-likeness (QED) is 0.797. The summed E-state index contributed by atoms with van der Waals surface area (Å²) in [5, 5.41) is 3.85. The molecule has 0 bridgehead atoms. The first-order valence-corrected chi connectivity index (χ1v) is 6.11. The maximum atomic E-state index is 13.4. The summed E-state index contributed by atoms with van der Waals surface area (Å²) in [6.45, 7) is 7.08. The van der Waals surface area contributed by atoms with Crippen molar-refractivity contribution < 1.29 is 4.39 Å². The van der Waals surface area contributed by atoms with Gasteiger partial charge in [0.15, 0.2) is 0 Å². The second-order valence-corrected chi connectivity index (χ2v) is 5.52. The first-order chi connectivity index (χ1) is 7.79. The average Bonchev–Trinajstić information content (AvgIpc) is 2.18. The molecule has 0 atom stereocenters. The van der Waals surface area contributed by atoms with E-state index < -0.39 is 0 Å². The maximum Gasteiger partial charge on any atom is 0.126 e. The highest BCUT2D eigenvalue weighted by atomic mass is 35.5. The highest BCUT2D eigenvalue weighted by molar-refractivity contribution is 6.31. The van der Waals surface area contributed by atoms with E-state index in [-0.39, 0.29) is 11.4 Å². The Bertz CT molecular complexity index is 386. The van der Waals surface area contributed by atoms with Crippen LogP contribution in [0.3, 0.4) is 0 Å². The number of hydrogen-bond acceptors (Lipinski definition) is 2. The number of nitrogens with one attached hydrogen (secondary N) is 1. The molecular weight excluding hydrogens is 239 g/mol. The van der Waals surface area contributed by atoms with E-state index in [1.54, 1.807) is 13.0 Å². The van der Waals surface area contributed by atoms with Gasteiger partial charge in [-0.15, -0.1) is 0 Å². The Morgan fingerprint density at radius 2 is 2.06 bits per heavy atom. The molecule has 0 aliphatic rings. The first kappa shape index (κ1) is 14.4. The van der Waals surface area contributed by atoms with Crippen LogP contribution in [0, 0.1) is 12.7 Å². The van der Waals surface area contributed by atoms with Crippen LogP contribution >= 0.6 is 11.6 Å². The molecule has 1 aromatic carbocycles. The summed E-state index contributed by atoms with van der Waals surface area (Å²) in [6, 6.07) is 3.17. The summed E-state index contributed by atoms with van der Waals surface area (Å²) in [4.78, 5) is 0. The minimum Gasteiger partial charge on any atom is -0.324 e. The topological polar surface area (TPSA) is 38.0 Å². The summed E-state index contributed by atoms with van der Waals surface area (Å²) in [7, 11) is 0. The van der Waals surface area contributed by atoms with E-state index >= 15 is 0 Å². The molecule has 3 N–H and O–H groups in total. The summed E-state index contributed by atoms with van der Waals surface area (Å²) in [5.74, 6) is -0.205. The van der Waals surface area contributed by atoms with E-state index in [9.17, 15) is 4.39 Å². The molecule has 4 heteroatoms. The van der Waals surface area contributed by atoms with E-state index in [4.69, 9.17) is 17.3 Å². The Balaban J connectivity index is 2.50. The van der Waals surface area contributed by atoms with Crippen molar-refractivity contribution in [1.82, 2.24) is 5.32 Å². The minimum absolute atomic E-state index is 0.205. The molecule has 0 saturated heterocycles. The Labute approximate surface area is 107 Å². The Morgan fingerprint density at radius 1 is 1.41 bits per heavy atom. The van der Waals surface area contributed by atoms with Gasteiger partial charge in [-0.05, 0) is 57.0 Å². The standard InChI is InChI=1S/C13H20ClFN2/c1-9-6-11(14)10(7-12(9)15)4-5-17-8-13(2,3)16/h6-7,17H,4-5,8,16H2,1-3H3. The van der Waals surface area contributed by atoms with Crippen LogP contribution < -0.4 is 11.1 Å². The molecule has 17 heavy (non-hydrogen) atoms. The number of aryl methyl sites for hydroxylation is 1. The fourth-order valence-electron chi connectivity index (χ4n) is 1.51. The highest BCUT2D eigenvalue weighted by Crippen LogP contribution is 2.20. The van der Waals surface area contributed by atoms with Crippen LogP contribution in [0.1, 0.15) is 25.0 Å². The zero-order valence-corrected chi connectivity index (χ0v) is 11.4. The van der Waals surface area contributed by atoms with Crippen molar-refractivity contribution in [3.63, 3.8) is 0 Å². The Morgan fingerprint density at radius 3 is 2.65 bits per heavy atom. The van der Waals surface area contributed by atoms with Gasteiger partial charge >= 0.3 is 0 Å². The van der Waals surface area contributed by atoms with Crippen molar-refractivity contribution in [2.45, 2.75) is 32.7 Å². The highest BCUT2D eigenvalue weighted by Gasteiger charge is 2.10. The van der Waals surface area contributed by atoms with Crippen molar-refractivity contribution in [2.75, 3.05) is 13.1 Å². The van der Waals surface area contributed by atoms with Crippen LogP contribution in [0.15, 0.2) is 12.1 Å². The molecule has 0 saturated carbocycles. The summed E-state index contributed by atoms with van der Waals surface area (Å²) in [5.41, 5.74) is 7.02. The van der Waals surface area contributed by atoms with Crippen LogP contribution in [0.4, 0.5) is 4.39 Å². The molecule has 0 unspecified atom stereocenters. The van der Waals surface area contributed by atoms with E-state index in [0.717, 1.165) is 18.7 Å². The van der Waals surface area contributed by atoms with Gasteiger partial charge in [0.1, 0.15) is 5.82 Å². The molecule has 0 amide bonds. The summed E-state index contributed by atoms with van der Waals surface area (Å²) < 4.78 is 13.4. The average molecular weight is 259 g/mol. The monoisotopic (exact) mass is 258 g/mol. The zero-order valence-electron chi connectivity index (χ0n) is 10.6. The SMILES string of the molecule is Cc1cc(Cl)c(CCNCC(C)(C)N)cc1F. The molecular formula is C13H20ClFN2. The van der Waals surface area contributed by atoms with Gasteiger partial charge in [-0.1, -0.05) is 11.6 Å². The predicted octanol–water partition coefficient (Wildman–Crippen LogP) is 2.66. The summed E-state index contributed by atoms with van der Waals surface area (Å²) in [6.07, 6.45) is 0.701. The van der Waals surface area contributed by atoms with Crippen molar-refractivity contribution >= 4 is 11.6 Å². The third kappa shape index (κ3) is 5.02. The molecule has 0 aliphatic heterocycles. The van der Waals surface area contributed by atoms with Gasteiger partial charge < -0.3 is 11.1 Å². The summed E-state index contributed by atoms with van der Waals surface area (Å²) >= 11 is 6.05. The normalized spacial score (nSPS) is 11.9. The van der Waals surface area contributed by atoms with E-state index in [0.29, 0.717) is 17.0 Å². The lowest BCUT2D eigenvalue weighted by atomic mass is 10.1. The van der Waals surface area contributed by atoms with Crippen LogP contribution in [0.5, 0.6) is 0 Å². The number of hydrogen-bond donors (Lipinski definition) is 2. The molecule has 0 fully saturated rings. The van der Waals surface area contributed by atoms with Gasteiger partial charge in [0.2, 0.25) is 0 Å². The molecule has 0 heterocycles. The second-order valence-electron chi connectivity index (χ2n) is 5.11. The molecule has 1 rings (SSSR count). The molecule has 96 valence electrons. The molecule has 2 nitrogen and oxygen atoms in total. The van der Waals surface area contributed by atoms with Crippen molar-refractivity contribution in [1.29, 1.82) is 0 Å². The van der Waals surface area contributed by atoms with E-state index in [1.165, 1.54) is 6.07 Å². The fraction of sp³-hybridized carbons (Fsp3) is 0.538. The molecule has 1 aromatic rings. The molecule has 0 aromatic heterocycles. The van der Waals surface area contributed by atoms with Crippen LogP contribution in [-0.2, 0) is 6.42 Å². The third-order valence-electron chi connectivity index (χ3n) is 2.48. The number of halogens is 2. The number of rotatable bonds is 5. The second kappa shape index (κ2) is 5.80. The smallest absolute Gasteiger partial charge is 0.126 e. The minimum atomic E-state index is -0.234. The van der Waals surface area contributed by atoms with Gasteiger partial charge in [0.25, 0.3) is 0 Å². The van der Waals surface area contributed by atoms with Crippen LogP contribution in [0.2, 0.25) is 5.02 Å². The molecule has 0 spiro atoms.